The van der Waals surface area contributed by atoms with Gasteiger partial charge in [0.15, 0.2) is 5.76 Å². The van der Waals surface area contributed by atoms with Crippen LogP contribution in [0.2, 0.25) is 0 Å². The number of nitrogens with zero attached hydrogens (tertiary/aromatic N) is 3. The SMILES string of the molecule is O=C(NCCOc1ccc(-c2noc(C(F)(F)F)n2)cc1)c1cc2ccc(OCCN3CCOCC3)cc2o1. The standard InChI is InChI=1S/C26H25F3N4O6/c27-26(28,29)25-31-23(32-39-25)17-1-4-19(5-2-17)36-11-7-30-24(34)22-15-18-3-6-20(16-21(18)38-22)37-14-10-33-8-12-35-13-9-33/h1-6,15-16H,7-14H2,(H,30,34). The number of hydrogen-bond acceptors (Lipinski definition) is 9. The van der Waals surface area contributed by atoms with E-state index in [0.717, 1.165) is 38.2 Å². The fourth-order valence-corrected chi connectivity index (χ4v) is 3.91. The molecule has 1 aliphatic rings. The minimum atomic E-state index is -4.71. The van der Waals surface area contributed by atoms with Crippen molar-refractivity contribution in [1.82, 2.24) is 20.4 Å². The Kier molecular flexibility index (Phi) is 7.98. The first-order chi connectivity index (χ1) is 18.8. The second-order valence-electron chi connectivity index (χ2n) is 8.66. The van der Waals surface area contributed by atoms with Gasteiger partial charge in [0.2, 0.25) is 5.82 Å². The summed E-state index contributed by atoms with van der Waals surface area (Å²) in [4.78, 5) is 18.1. The molecule has 0 atom stereocenters. The first-order valence-electron chi connectivity index (χ1n) is 12.2. The Balaban J connectivity index is 1.07. The number of morpholine rings is 1. The number of aromatic nitrogens is 2. The molecule has 1 amide bonds. The summed E-state index contributed by atoms with van der Waals surface area (Å²) in [5, 5.41) is 6.85. The monoisotopic (exact) mass is 546 g/mol. The van der Waals surface area contributed by atoms with E-state index >= 15 is 0 Å². The quantitative estimate of drug-likeness (QED) is 0.295. The van der Waals surface area contributed by atoms with Crippen LogP contribution in [0, 0.1) is 0 Å². The lowest BCUT2D eigenvalue weighted by Gasteiger charge is -2.26. The normalized spacial score (nSPS) is 14.4. The number of benzene rings is 2. The molecule has 0 spiro atoms. The fourth-order valence-electron chi connectivity index (χ4n) is 3.91. The third-order valence-electron chi connectivity index (χ3n) is 5.93. The van der Waals surface area contributed by atoms with Gasteiger partial charge in [-0.1, -0.05) is 5.16 Å². The number of alkyl halides is 3. The number of carbonyl (C=O) groups is 1. The van der Waals surface area contributed by atoms with Crippen molar-refractivity contribution in [2.45, 2.75) is 6.18 Å². The topological polar surface area (TPSA) is 112 Å². The maximum atomic E-state index is 12.6. The predicted octanol–water partition coefficient (Wildman–Crippen LogP) is 4.02. The van der Waals surface area contributed by atoms with Crippen LogP contribution in [0.3, 0.4) is 0 Å². The number of furan rings is 1. The van der Waals surface area contributed by atoms with Crippen LogP contribution in [0.25, 0.3) is 22.4 Å². The zero-order valence-electron chi connectivity index (χ0n) is 20.7. The lowest BCUT2D eigenvalue weighted by atomic mass is 10.2. The molecule has 2 aromatic carbocycles. The molecule has 206 valence electrons. The molecular weight excluding hydrogens is 521 g/mol. The van der Waals surface area contributed by atoms with Crippen molar-refractivity contribution in [2.75, 3.05) is 52.6 Å². The van der Waals surface area contributed by atoms with Crippen molar-refractivity contribution in [1.29, 1.82) is 0 Å². The summed E-state index contributed by atoms with van der Waals surface area (Å²) < 4.78 is 64.6. The first kappa shape index (κ1) is 26.5. The van der Waals surface area contributed by atoms with Gasteiger partial charge >= 0.3 is 12.1 Å². The summed E-state index contributed by atoms with van der Waals surface area (Å²) in [6, 6.07) is 13.2. The molecular formula is C26H25F3N4O6. The number of nitrogens with one attached hydrogen (secondary N) is 1. The van der Waals surface area contributed by atoms with Gasteiger partial charge in [-0.05, 0) is 42.5 Å². The molecule has 0 saturated carbocycles. The molecule has 39 heavy (non-hydrogen) atoms. The van der Waals surface area contributed by atoms with Crippen LogP contribution in [0.1, 0.15) is 16.4 Å². The lowest BCUT2D eigenvalue weighted by Crippen LogP contribution is -2.38. The smallest absolute Gasteiger partial charge is 0.471 e. The fraction of sp³-hybridized carbons (Fsp3) is 0.346. The molecule has 13 heteroatoms. The summed E-state index contributed by atoms with van der Waals surface area (Å²) >= 11 is 0. The van der Waals surface area contributed by atoms with E-state index in [4.69, 9.17) is 18.6 Å². The molecule has 4 aromatic rings. The average Bonchev–Trinajstić information content (AvgIpc) is 3.60. The number of fused-ring (bicyclic) bond motifs is 1. The molecule has 0 aliphatic carbocycles. The summed E-state index contributed by atoms with van der Waals surface area (Å²) in [5.74, 6) is -0.699. The third-order valence-corrected chi connectivity index (χ3v) is 5.93. The summed E-state index contributed by atoms with van der Waals surface area (Å²) in [6.45, 7) is 4.98. The first-order valence-corrected chi connectivity index (χ1v) is 12.2. The van der Waals surface area contributed by atoms with Crippen LogP contribution >= 0.6 is 0 Å². The van der Waals surface area contributed by atoms with Crippen LogP contribution < -0.4 is 14.8 Å². The minimum Gasteiger partial charge on any atom is -0.492 e. The molecule has 1 N–H and O–H groups in total. The molecule has 10 nitrogen and oxygen atoms in total. The highest BCUT2D eigenvalue weighted by Crippen LogP contribution is 2.30. The highest BCUT2D eigenvalue weighted by molar-refractivity contribution is 5.96. The Labute approximate surface area is 220 Å². The van der Waals surface area contributed by atoms with Gasteiger partial charge in [-0.3, -0.25) is 9.69 Å². The number of amides is 1. The number of carbonyl (C=O) groups excluding carboxylic acids is 1. The third kappa shape index (κ3) is 6.86. The number of halogens is 3. The van der Waals surface area contributed by atoms with Gasteiger partial charge in [0.1, 0.15) is 30.3 Å². The zero-order valence-corrected chi connectivity index (χ0v) is 20.7. The highest BCUT2D eigenvalue weighted by atomic mass is 19.4. The Hall–Kier alpha value is -4.10. The van der Waals surface area contributed by atoms with E-state index in [1.54, 1.807) is 24.3 Å². The summed E-state index contributed by atoms with van der Waals surface area (Å²) in [5.41, 5.74) is 0.884. The van der Waals surface area contributed by atoms with Crippen LogP contribution in [0.15, 0.2) is 57.5 Å². The van der Waals surface area contributed by atoms with Crippen molar-refractivity contribution in [2.24, 2.45) is 0 Å². The Morgan fingerprint density at radius 2 is 1.74 bits per heavy atom. The predicted molar refractivity (Wildman–Crippen MR) is 132 cm³/mol. The Morgan fingerprint density at radius 1 is 1.00 bits per heavy atom. The van der Waals surface area contributed by atoms with Gasteiger partial charge in [0, 0.05) is 36.7 Å². The van der Waals surface area contributed by atoms with E-state index in [2.05, 4.69) is 24.9 Å². The van der Waals surface area contributed by atoms with E-state index in [1.807, 2.05) is 12.1 Å². The van der Waals surface area contributed by atoms with Crippen molar-refractivity contribution in [3.05, 3.63) is 60.2 Å². The molecule has 1 saturated heterocycles. The van der Waals surface area contributed by atoms with Crippen LogP contribution in [0.4, 0.5) is 13.2 Å². The van der Waals surface area contributed by atoms with Crippen molar-refractivity contribution >= 4 is 16.9 Å². The van der Waals surface area contributed by atoms with Gasteiger partial charge in [-0.2, -0.15) is 18.2 Å². The van der Waals surface area contributed by atoms with E-state index in [0.29, 0.717) is 29.3 Å². The van der Waals surface area contributed by atoms with Crippen molar-refractivity contribution in [3.8, 4) is 22.9 Å². The summed E-state index contributed by atoms with van der Waals surface area (Å²) in [6.07, 6.45) is -4.71. The molecule has 1 fully saturated rings. The summed E-state index contributed by atoms with van der Waals surface area (Å²) in [7, 11) is 0. The van der Waals surface area contributed by atoms with Crippen LogP contribution in [-0.4, -0.2) is 73.6 Å². The molecule has 3 heterocycles. The molecule has 5 rings (SSSR count). The zero-order chi connectivity index (χ0) is 27.2. The molecule has 1 aliphatic heterocycles. The number of hydrogen-bond donors (Lipinski definition) is 1. The van der Waals surface area contributed by atoms with E-state index < -0.39 is 18.0 Å². The molecule has 0 radical (unpaired) electrons. The minimum absolute atomic E-state index is 0.160. The molecule has 2 aromatic heterocycles. The van der Waals surface area contributed by atoms with E-state index in [1.165, 1.54) is 12.1 Å². The Bertz CT molecular complexity index is 1400. The Morgan fingerprint density at radius 3 is 2.49 bits per heavy atom. The van der Waals surface area contributed by atoms with Gasteiger partial charge < -0.3 is 28.5 Å². The van der Waals surface area contributed by atoms with Gasteiger partial charge in [-0.25, -0.2) is 0 Å². The second-order valence-corrected chi connectivity index (χ2v) is 8.66. The number of ether oxygens (including phenoxy) is 3. The average molecular weight is 547 g/mol. The van der Waals surface area contributed by atoms with E-state index in [-0.39, 0.29) is 24.7 Å². The van der Waals surface area contributed by atoms with Crippen molar-refractivity contribution < 1.29 is 41.1 Å². The second kappa shape index (κ2) is 11.7. The van der Waals surface area contributed by atoms with Gasteiger partial charge in [0.25, 0.3) is 5.91 Å². The maximum absolute atomic E-state index is 12.6. The highest BCUT2D eigenvalue weighted by Gasteiger charge is 2.38. The van der Waals surface area contributed by atoms with Crippen molar-refractivity contribution in [3.63, 3.8) is 0 Å². The van der Waals surface area contributed by atoms with Gasteiger partial charge in [0.05, 0.1) is 19.8 Å². The van der Waals surface area contributed by atoms with Gasteiger partial charge in [-0.15, -0.1) is 0 Å². The molecule has 0 bridgehead atoms. The van der Waals surface area contributed by atoms with Crippen LogP contribution in [-0.2, 0) is 10.9 Å². The molecule has 0 unspecified atom stereocenters. The van der Waals surface area contributed by atoms with E-state index in [9.17, 15) is 18.0 Å². The maximum Gasteiger partial charge on any atom is 0.471 e. The van der Waals surface area contributed by atoms with Crippen LogP contribution in [0.5, 0.6) is 11.5 Å². The largest absolute Gasteiger partial charge is 0.492 e. The number of rotatable bonds is 10. The lowest BCUT2D eigenvalue weighted by molar-refractivity contribution is -0.159.